The van der Waals surface area contributed by atoms with Gasteiger partial charge in [-0.15, -0.1) is 0 Å². The molecule has 1 fully saturated rings. The SMILES string of the molecule is CN(C)c1ccncc1NCC1CCCCCC1. The van der Waals surface area contributed by atoms with Crippen molar-refractivity contribution in [1.29, 1.82) is 0 Å². The minimum atomic E-state index is 0.836. The second-order valence-electron chi connectivity index (χ2n) is 5.53. The quantitative estimate of drug-likeness (QED) is 0.825. The molecule has 1 aliphatic rings. The highest BCUT2D eigenvalue weighted by atomic mass is 15.1. The largest absolute Gasteiger partial charge is 0.382 e. The van der Waals surface area contributed by atoms with Crippen molar-refractivity contribution in [2.24, 2.45) is 5.92 Å². The molecule has 1 saturated carbocycles. The van der Waals surface area contributed by atoms with Crippen LogP contribution in [0.5, 0.6) is 0 Å². The lowest BCUT2D eigenvalue weighted by atomic mass is 10.0. The maximum Gasteiger partial charge on any atom is 0.0764 e. The molecule has 0 spiro atoms. The van der Waals surface area contributed by atoms with Crippen molar-refractivity contribution in [2.75, 3.05) is 30.9 Å². The van der Waals surface area contributed by atoms with Gasteiger partial charge < -0.3 is 10.2 Å². The third-order valence-electron chi connectivity index (χ3n) is 3.84. The number of nitrogens with one attached hydrogen (secondary N) is 1. The zero-order valence-corrected chi connectivity index (χ0v) is 11.7. The summed E-state index contributed by atoms with van der Waals surface area (Å²) in [4.78, 5) is 6.36. The van der Waals surface area contributed by atoms with Crippen LogP contribution in [-0.2, 0) is 0 Å². The first kappa shape index (κ1) is 13.2. The van der Waals surface area contributed by atoms with E-state index < -0.39 is 0 Å². The third-order valence-corrected chi connectivity index (χ3v) is 3.84. The van der Waals surface area contributed by atoms with Gasteiger partial charge >= 0.3 is 0 Å². The van der Waals surface area contributed by atoms with Crippen LogP contribution in [0.3, 0.4) is 0 Å². The molecule has 1 N–H and O–H groups in total. The number of pyridine rings is 1. The van der Waals surface area contributed by atoms with Crippen LogP contribution in [-0.4, -0.2) is 25.6 Å². The number of rotatable bonds is 4. The van der Waals surface area contributed by atoms with Gasteiger partial charge in [0.1, 0.15) is 0 Å². The van der Waals surface area contributed by atoms with Crippen LogP contribution in [0, 0.1) is 5.92 Å². The molecule has 0 radical (unpaired) electrons. The van der Waals surface area contributed by atoms with Crippen LogP contribution in [0.1, 0.15) is 38.5 Å². The molecule has 100 valence electrons. The molecule has 0 unspecified atom stereocenters. The number of hydrogen-bond acceptors (Lipinski definition) is 3. The minimum absolute atomic E-state index is 0.836. The van der Waals surface area contributed by atoms with Gasteiger partial charge in [0.2, 0.25) is 0 Å². The normalized spacial score (nSPS) is 17.2. The maximum absolute atomic E-state index is 4.22. The van der Waals surface area contributed by atoms with E-state index in [1.165, 1.54) is 44.2 Å². The Labute approximate surface area is 111 Å². The fraction of sp³-hybridized carbons (Fsp3) is 0.667. The summed E-state index contributed by atoms with van der Waals surface area (Å²) < 4.78 is 0. The lowest BCUT2D eigenvalue weighted by Gasteiger charge is -2.20. The molecular formula is C15H25N3. The number of hydrogen-bond donors (Lipinski definition) is 1. The third kappa shape index (κ3) is 3.62. The van der Waals surface area contributed by atoms with Crippen LogP contribution in [0.2, 0.25) is 0 Å². The second-order valence-corrected chi connectivity index (χ2v) is 5.53. The van der Waals surface area contributed by atoms with Crippen molar-refractivity contribution < 1.29 is 0 Å². The van der Waals surface area contributed by atoms with E-state index in [1.54, 1.807) is 0 Å². The van der Waals surface area contributed by atoms with Gasteiger partial charge in [-0.2, -0.15) is 0 Å². The molecule has 1 aromatic rings. The van der Waals surface area contributed by atoms with E-state index in [-0.39, 0.29) is 0 Å². The van der Waals surface area contributed by atoms with Gasteiger partial charge in [-0.3, -0.25) is 4.98 Å². The van der Waals surface area contributed by atoms with E-state index in [0.29, 0.717) is 0 Å². The minimum Gasteiger partial charge on any atom is -0.382 e. The molecule has 0 saturated heterocycles. The predicted octanol–water partition coefficient (Wildman–Crippen LogP) is 3.53. The smallest absolute Gasteiger partial charge is 0.0764 e. The number of anilines is 2. The molecule has 0 aliphatic heterocycles. The lowest BCUT2D eigenvalue weighted by molar-refractivity contribution is 0.483. The summed E-state index contributed by atoms with van der Waals surface area (Å²) in [6.07, 6.45) is 12.2. The average Bonchev–Trinajstić information content (AvgIpc) is 2.65. The van der Waals surface area contributed by atoms with Crippen molar-refractivity contribution in [3.05, 3.63) is 18.5 Å². The van der Waals surface area contributed by atoms with Crippen LogP contribution in [0.4, 0.5) is 11.4 Å². The molecule has 18 heavy (non-hydrogen) atoms. The first-order valence-corrected chi connectivity index (χ1v) is 7.12. The highest BCUT2D eigenvalue weighted by Crippen LogP contribution is 2.26. The van der Waals surface area contributed by atoms with Gasteiger partial charge in [0.05, 0.1) is 17.6 Å². The Balaban J connectivity index is 1.92. The van der Waals surface area contributed by atoms with E-state index in [1.807, 2.05) is 12.4 Å². The van der Waals surface area contributed by atoms with Gasteiger partial charge in [-0.05, 0) is 24.8 Å². The topological polar surface area (TPSA) is 28.2 Å². The van der Waals surface area contributed by atoms with Gasteiger partial charge in [-0.25, -0.2) is 0 Å². The fourth-order valence-corrected chi connectivity index (χ4v) is 2.74. The van der Waals surface area contributed by atoms with Crippen LogP contribution < -0.4 is 10.2 Å². The molecule has 3 heteroatoms. The van der Waals surface area contributed by atoms with E-state index in [0.717, 1.165) is 18.2 Å². The summed E-state index contributed by atoms with van der Waals surface area (Å²) in [5, 5.41) is 3.59. The summed E-state index contributed by atoms with van der Waals surface area (Å²) >= 11 is 0. The molecule has 1 aromatic heterocycles. The Kier molecular flexibility index (Phi) is 4.85. The Hall–Kier alpha value is -1.25. The second kappa shape index (κ2) is 6.62. The Morgan fingerprint density at radius 3 is 2.61 bits per heavy atom. The highest BCUT2D eigenvalue weighted by Gasteiger charge is 2.13. The average molecular weight is 247 g/mol. The Bertz CT molecular complexity index is 355. The molecule has 0 bridgehead atoms. The molecule has 1 aliphatic carbocycles. The van der Waals surface area contributed by atoms with E-state index in [4.69, 9.17) is 0 Å². The van der Waals surface area contributed by atoms with Crippen LogP contribution in [0.25, 0.3) is 0 Å². The molecule has 3 nitrogen and oxygen atoms in total. The Morgan fingerprint density at radius 1 is 1.22 bits per heavy atom. The van der Waals surface area contributed by atoms with Crippen molar-refractivity contribution in [1.82, 2.24) is 4.98 Å². The zero-order valence-electron chi connectivity index (χ0n) is 11.7. The van der Waals surface area contributed by atoms with Gasteiger partial charge in [-0.1, -0.05) is 25.7 Å². The number of aromatic nitrogens is 1. The molecule has 1 heterocycles. The first-order chi connectivity index (χ1) is 8.77. The summed E-state index contributed by atoms with van der Waals surface area (Å²) in [5.74, 6) is 0.836. The summed E-state index contributed by atoms with van der Waals surface area (Å²) in [6, 6.07) is 2.06. The molecule has 0 atom stereocenters. The van der Waals surface area contributed by atoms with Gasteiger partial charge in [0, 0.05) is 26.8 Å². The van der Waals surface area contributed by atoms with Crippen molar-refractivity contribution in [2.45, 2.75) is 38.5 Å². The van der Waals surface area contributed by atoms with Crippen LogP contribution >= 0.6 is 0 Å². The predicted molar refractivity (Wildman–Crippen MR) is 78.2 cm³/mol. The van der Waals surface area contributed by atoms with Gasteiger partial charge in [0.25, 0.3) is 0 Å². The standard InChI is InChI=1S/C15H25N3/c1-18(2)15-9-10-16-12-14(15)17-11-13-7-5-3-4-6-8-13/h9-10,12-13,17H,3-8,11H2,1-2H3. The summed E-state index contributed by atoms with van der Waals surface area (Å²) in [7, 11) is 4.15. The van der Waals surface area contributed by atoms with Crippen LogP contribution in [0.15, 0.2) is 18.5 Å². The van der Waals surface area contributed by atoms with E-state index >= 15 is 0 Å². The maximum atomic E-state index is 4.22. The van der Waals surface area contributed by atoms with E-state index in [2.05, 4.69) is 35.4 Å². The summed E-state index contributed by atoms with van der Waals surface area (Å²) in [6.45, 7) is 1.09. The first-order valence-electron chi connectivity index (χ1n) is 7.12. The zero-order chi connectivity index (χ0) is 12.8. The molecule has 2 rings (SSSR count). The van der Waals surface area contributed by atoms with Crippen molar-refractivity contribution >= 4 is 11.4 Å². The molecule has 0 aromatic carbocycles. The van der Waals surface area contributed by atoms with Crippen molar-refractivity contribution in [3.63, 3.8) is 0 Å². The number of nitrogens with zero attached hydrogens (tertiary/aromatic N) is 2. The lowest BCUT2D eigenvalue weighted by Crippen LogP contribution is -2.17. The van der Waals surface area contributed by atoms with Crippen molar-refractivity contribution in [3.8, 4) is 0 Å². The Morgan fingerprint density at radius 2 is 1.94 bits per heavy atom. The molecular weight excluding hydrogens is 222 g/mol. The molecule has 0 amide bonds. The highest BCUT2D eigenvalue weighted by molar-refractivity contribution is 5.68. The summed E-state index contributed by atoms with van der Waals surface area (Å²) in [5.41, 5.74) is 2.38. The monoisotopic (exact) mass is 247 g/mol. The fourth-order valence-electron chi connectivity index (χ4n) is 2.74. The van der Waals surface area contributed by atoms with Gasteiger partial charge in [0.15, 0.2) is 0 Å². The van der Waals surface area contributed by atoms with E-state index in [9.17, 15) is 0 Å².